The molecule has 4 heteroatoms. The van der Waals surface area contributed by atoms with E-state index in [4.69, 9.17) is 4.42 Å². The molecule has 1 atom stereocenters. The molecule has 1 aromatic carbocycles. The topological polar surface area (TPSA) is 47.2 Å². The van der Waals surface area contributed by atoms with Gasteiger partial charge in [-0.15, -0.1) is 0 Å². The van der Waals surface area contributed by atoms with Gasteiger partial charge in [-0.3, -0.25) is 4.79 Å². The van der Waals surface area contributed by atoms with Crippen molar-refractivity contribution in [1.82, 2.24) is 9.88 Å². The molecule has 26 heavy (non-hydrogen) atoms. The molecule has 2 aromatic heterocycles. The molecule has 0 radical (unpaired) electrons. The Morgan fingerprint density at radius 3 is 2.81 bits per heavy atom. The molecule has 0 spiro atoms. The fourth-order valence-electron chi connectivity index (χ4n) is 3.87. The van der Waals surface area contributed by atoms with Gasteiger partial charge in [0, 0.05) is 22.6 Å². The van der Waals surface area contributed by atoms with Crippen LogP contribution >= 0.6 is 0 Å². The standard InChI is InChI=1S/C22H24N2O2/c1-15-5-10-21-18(12-15)13-16(2)24(21)19-8-6-17(7-9-19)22(25)23-14-20-4-3-11-26-20/h3-4,6-9,11,13,15H,5,10,12,14H2,1-2H3,(H,23,25)/t15-/m0/s1. The van der Waals surface area contributed by atoms with Gasteiger partial charge in [0.15, 0.2) is 0 Å². The first kappa shape index (κ1) is 16.7. The molecular formula is C22H24N2O2. The summed E-state index contributed by atoms with van der Waals surface area (Å²) in [5.41, 5.74) is 5.95. The number of aryl methyl sites for hydroxylation is 1. The minimum Gasteiger partial charge on any atom is -0.467 e. The number of hydrogen-bond acceptors (Lipinski definition) is 2. The Bertz CT molecular complexity index is 905. The molecule has 0 saturated carbocycles. The van der Waals surface area contributed by atoms with Crippen molar-refractivity contribution in [2.75, 3.05) is 0 Å². The third-order valence-electron chi connectivity index (χ3n) is 5.21. The summed E-state index contributed by atoms with van der Waals surface area (Å²) < 4.78 is 7.58. The van der Waals surface area contributed by atoms with E-state index in [-0.39, 0.29) is 5.91 Å². The van der Waals surface area contributed by atoms with Crippen LogP contribution in [0.25, 0.3) is 5.69 Å². The van der Waals surface area contributed by atoms with Gasteiger partial charge in [0.25, 0.3) is 5.91 Å². The average molecular weight is 348 g/mol. The van der Waals surface area contributed by atoms with Crippen LogP contribution in [0.3, 0.4) is 0 Å². The van der Waals surface area contributed by atoms with Crippen molar-refractivity contribution >= 4 is 5.91 Å². The van der Waals surface area contributed by atoms with Gasteiger partial charge in [-0.1, -0.05) is 6.92 Å². The van der Waals surface area contributed by atoms with Crippen molar-refractivity contribution in [1.29, 1.82) is 0 Å². The van der Waals surface area contributed by atoms with Crippen LogP contribution in [0.15, 0.2) is 53.1 Å². The van der Waals surface area contributed by atoms with Crippen molar-refractivity contribution in [2.45, 2.75) is 39.7 Å². The quantitative estimate of drug-likeness (QED) is 0.758. The van der Waals surface area contributed by atoms with E-state index in [0.29, 0.717) is 12.1 Å². The second-order valence-electron chi connectivity index (χ2n) is 7.25. The molecule has 1 amide bonds. The van der Waals surface area contributed by atoms with Crippen LogP contribution in [0.2, 0.25) is 0 Å². The van der Waals surface area contributed by atoms with E-state index in [9.17, 15) is 4.79 Å². The number of rotatable bonds is 4. The summed E-state index contributed by atoms with van der Waals surface area (Å²) in [4.78, 5) is 12.3. The van der Waals surface area contributed by atoms with E-state index in [1.807, 2.05) is 36.4 Å². The van der Waals surface area contributed by atoms with Gasteiger partial charge in [0.2, 0.25) is 0 Å². The van der Waals surface area contributed by atoms with Gasteiger partial charge in [0.1, 0.15) is 5.76 Å². The Kier molecular flexibility index (Phi) is 4.41. The Labute approximate surface area is 153 Å². The molecule has 0 fully saturated rings. The Balaban J connectivity index is 1.52. The van der Waals surface area contributed by atoms with Gasteiger partial charge in [-0.2, -0.15) is 0 Å². The van der Waals surface area contributed by atoms with Crippen LogP contribution < -0.4 is 5.32 Å². The lowest BCUT2D eigenvalue weighted by Crippen LogP contribution is -2.22. The Morgan fingerprint density at radius 1 is 1.27 bits per heavy atom. The highest BCUT2D eigenvalue weighted by Crippen LogP contribution is 2.30. The fraction of sp³-hybridized carbons (Fsp3) is 0.318. The lowest BCUT2D eigenvalue weighted by molar-refractivity contribution is 0.0948. The third-order valence-corrected chi connectivity index (χ3v) is 5.21. The second-order valence-corrected chi connectivity index (χ2v) is 7.25. The number of hydrogen-bond donors (Lipinski definition) is 1. The molecule has 4 nitrogen and oxygen atoms in total. The zero-order chi connectivity index (χ0) is 18.1. The van der Waals surface area contributed by atoms with Gasteiger partial charge in [-0.25, -0.2) is 0 Å². The lowest BCUT2D eigenvalue weighted by Gasteiger charge is -2.21. The number of furan rings is 1. The molecule has 2 heterocycles. The third kappa shape index (κ3) is 3.19. The van der Waals surface area contributed by atoms with E-state index < -0.39 is 0 Å². The number of nitrogens with zero attached hydrogens (tertiary/aromatic N) is 1. The number of nitrogens with one attached hydrogen (secondary N) is 1. The number of carbonyl (C=O) groups excluding carboxylic acids is 1. The maximum Gasteiger partial charge on any atom is 0.251 e. The zero-order valence-corrected chi connectivity index (χ0v) is 15.3. The first-order valence-corrected chi connectivity index (χ1v) is 9.23. The van der Waals surface area contributed by atoms with Crippen molar-refractivity contribution < 1.29 is 9.21 Å². The first-order chi connectivity index (χ1) is 12.6. The molecule has 1 aliphatic carbocycles. The lowest BCUT2D eigenvalue weighted by atomic mass is 9.89. The smallest absolute Gasteiger partial charge is 0.251 e. The van der Waals surface area contributed by atoms with Gasteiger partial charge < -0.3 is 14.3 Å². The summed E-state index contributed by atoms with van der Waals surface area (Å²) in [6.45, 7) is 4.88. The van der Waals surface area contributed by atoms with E-state index in [0.717, 1.165) is 30.2 Å². The largest absolute Gasteiger partial charge is 0.467 e. The average Bonchev–Trinajstić information content (AvgIpc) is 3.26. The molecule has 3 aromatic rings. The highest BCUT2D eigenvalue weighted by Gasteiger charge is 2.21. The molecule has 0 saturated heterocycles. The van der Waals surface area contributed by atoms with Crippen LogP contribution in [0, 0.1) is 12.8 Å². The first-order valence-electron chi connectivity index (χ1n) is 9.23. The van der Waals surface area contributed by atoms with Gasteiger partial charge in [-0.05, 0) is 80.1 Å². The van der Waals surface area contributed by atoms with Crippen molar-refractivity contribution in [3.63, 3.8) is 0 Å². The second kappa shape index (κ2) is 6.87. The molecule has 1 N–H and O–H groups in total. The van der Waals surface area contributed by atoms with E-state index in [2.05, 4.69) is 29.8 Å². The Hall–Kier alpha value is -2.75. The van der Waals surface area contributed by atoms with Crippen LogP contribution in [0.5, 0.6) is 0 Å². The van der Waals surface area contributed by atoms with Gasteiger partial charge in [0.05, 0.1) is 12.8 Å². The Morgan fingerprint density at radius 2 is 2.08 bits per heavy atom. The minimum atomic E-state index is -0.0898. The van der Waals surface area contributed by atoms with Crippen LogP contribution in [-0.2, 0) is 19.4 Å². The summed E-state index contributed by atoms with van der Waals surface area (Å²) in [6.07, 6.45) is 5.13. The highest BCUT2D eigenvalue weighted by atomic mass is 16.3. The predicted molar refractivity (Wildman–Crippen MR) is 102 cm³/mol. The zero-order valence-electron chi connectivity index (χ0n) is 15.3. The molecule has 0 aliphatic heterocycles. The molecular weight excluding hydrogens is 324 g/mol. The highest BCUT2D eigenvalue weighted by molar-refractivity contribution is 5.94. The molecule has 1 aliphatic rings. The van der Waals surface area contributed by atoms with E-state index >= 15 is 0 Å². The monoisotopic (exact) mass is 348 g/mol. The summed E-state index contributed by atoms with van der Waals surface area (Å²) >= 11 is 0. The minimum absolute atomic E-state index is 0.0898. The number of fused-ring (bicyclic) bond motifs is 1. The summed E-state index contributed by atoms with van der Waals surface area (Å²) in [5, 5.41) is 2.88. The molecule has 0 unspecified atom stereocenters. The van der Waals surface area contributed by atoms with Gasteiger partial charge >= 0.3 is 0 Å². The van der Waals surface area contributed by atoms with Crippen LogP contribution in [0.4, 0.5) is 0 Å². The predicted octanol–water partition coefficient (Wildman–Crippen LogP) is 4.43. The van der Waals surface area contributed by atoms with Crippen molar-refractivity contribution in [3.8, 4) is 5.69 Å². The van der Waals surface area contributed by atoms with Crippen molar-refractivity contribution in [3.05, 3.63) is 77.0 Å². The number of aromatic nitrogens is 1. The molecule has 0 bridgehead atoms. The van der Waals surface area contributed by atoms with E-state index in [1.165, 1.54) is 23.4 Å². The van der Waals surface area contributed by atoms with Crippen LogP contribution in [-0.4, -0.2) is 10.5 Å². The molecule has 4 rings (SSSR count). The number of amides is 1. The summed E-state index contributed by atoms with van der Waals surface area (Å²) in [6, 6.07) is 13.8. The summed E-state index contributed by atoms with van der Waals surface area (Å²) in [5.74, 6) is 1.42. The normalized spacial score (nSPS) is 16.3. The maximum atomic E-state index is 12.3. The SMILES string of the molecule is Cc1cc2c(n1-c1ccc(C(=O)NCc3ccco3)cc1)CC[C@H](C)C2. The molecule has 134 valence electrons. The fourth-order valence-corrected chi connectivity index (χ4v) is 3.87. The summed E-state index contributed by atoms with van der Waals surface area (Å²) in [7, 11) is 0. The van der Waals surface area contributed by atoms with Crippen molar-refractivity contribution in [2.24, 2.45) is 5.92 Å². The number of benzene rings is 1. The van der Waals surface area contributed by atoms with E-state index in [1.54, 1.807) is 6.26 Å². The van der Waals surface area contributed by atoms with Crippen LogP contribution in [0.1, 0.15) is 46.4 Å². The maximum absolute atomic E-state index is 12.3. The number of carbonyl (C=O) groups is 1.